The molecule has 1 aliphatic heterocycles. The van der Waals surface area contributed by atoms with Crippen LogP contribution in [0.3, 0.4) is 0 Å². The molecule has 0 radical (unpaired) electrons. The summed E-state index contributed by atoms with van der Waals surface area (Å²) in [6.07, 6.45) is -1.82. The smallest absolute Gasteiger partial charge is 0.302 e. The van der Waals surface area contributed by atoms with Crippen LogP contribution in [0.1, 0.15) is 29.3 Å². The van der Waals surface area contributed by atoms with Crippen LogP contribution in [0.5, 0.6) is 0 Å². The van der Waals surface area contributed by atoms with E-state index in [9.17, 15) is 14.7 Å². The zero-order valence-corrected chi connectivity index (χ0v) is 17.2. The van der Waals surface area contributed by atoms with Crippen LogP contribution in [0.2, 0.25) is 0 Å². The fourth-order valence-electron chi connectivity index (χ4n) is 3.07. The first-order chi connectivity index (χ1) is 13.9. The molecule has 0 saturated carbocycles. The Balaban J connectivity index is 1.70. The Morgan fingerprint density at radius 3 is 2.52 bits per heavy atom. The van der Waals surface area contributed by atoms with Gasteiger partial charge in [-0.25, -0.2) is 0 Å². The third-order valence-electron chi connectivity index (χ3n) is 4.63. The van der Waals surface area contributed by atoms with Gasteiger partial charge >= 0.3 is 5.97 Å². The van der Waals surface area contributed by atoms with Crippen molar-refractivity contribution in [1.29, 1.82) is 0 Å². The van der Waals surface area contributed by atoms with Crippen LogP contribution < -0.4 is 5.32 Å². The second-order valence-electron chi connectivity index (χ2n) is 7.01. The van der Waals surface area contributed by atoms with Gasteiger partial charge in [-0.3, -0.25) is 9.59 Å². The van der Waals surface area contributed by atoms with Crippen molar-refractivity contribution in [2.45, 2.75) is 48.8 Å². The summed E-state index contributed by atoms with van der Waals surface area (Å²) in [5, 5.41) is 13.2. The minimum Gasteiger partial charge on any atom is -0.463 e. The maximum absolute atomic E-state index is 12.4. The number of hydrogen-bond acceptors (Lipinski definition) is 6. The molecule has 0 bridgehead atoms. The molecule has 0 aromatic heterocycles. The lowest BCUT2D eigenvalue weighted by Crippen LogP contribution is -2.55. The molecule has 154 valence electrons. The molecule has 1 heterocycles. The number of ether oxygens (including phenoxy) is 2. The number of nitrogens with one attached hydrogen (secondary N) is 1. The molecule has 7 heteroatoms. The molecule has 0 aliphatic carbocycles. The molecule has 29 heavy (non-hydrogen) atoms. The molecule has 2 N–H and O–H groups in total. The highest BCUT2D eigenvalue weighted by atomic mass is 32.2. The average Bonchev–Trinajstić information content (AvgIpc) is 2.71. The Bertz CT molecular complexity index is 827. The third-order valence-corrected chi connectivity index (χ3v) is 5.97. The Labute approximate surface area is 174 Å². The van der Waals surface area contributed by atoms with Crippen LogP contribution in [0.4, 0.5) is 0 Å². The molecule has 1 amide bonds. The Morgan fingerprint density at radius 1 is 1.17 bits per heavy atom. The lowest BCUT2D eigenvalue weighted by Gasteiger charge is -2.39. The van der Waals surface area contributed by atoms with E-state index < -0.39 is 24.4 Å². The van der Waals surface area contributed by atoms with Gasteiger partial charge in [0.15, 0.2) is 6.23 Å². The van der Waals surface area contributed by atoms with Gasteiger partial charge in [0.05, 0.1) is 6.10 Å². The molecule has 1 fully saturated rings. The van der Waals surface area contributed by atoms with Crippen molar-refractivity contribution in [3.63, 3.8) is 0 Å². The van der Waals surface area contributed by atoms with Crippen molar-refractivity contribution in [1.82, 2.24) is 5.32 Å². The fraction of sp³-hybridized carbons (Fsp3) is 0.364. The van der Waals surface area contributed by atoms with Gasteiger partial charge in [0.2, 0.25) is 0 Å². The van der Waals surface area contributed by atoms with Gasteiger partial charge in [0.25, 0.3) is 5.91 Å². The monoisotopic (exact) mass is 415 g/mol. The lowest BCUT2D eigenvalue weighted by atomic mass is 10.0. The number of esters is 1. The Kier molecular flexibility index (Phi) is 7.30. The number of aliphatic hydroxyl groups excluding tert-OH is 1. The normalized spacial score (nSPS) is 24.0. The molecular formula is C22H25NO5S. The highest BCUT2D eigenvalue weighted by molar-refractivity contribution is 8.00. The highest BCUT2D eigenvalue weighted by Crippen LogP contribution is 2.34. The summed E-state index contributed by atoms with van der Waals surface area (Å²) < 4.78 is 11.1. The van der Waals surface area contributed by atoms with E-state index >= 15 is 0 Å². The second kappa shape index (κ2) is 9.91. The van der Waals surface area contributed by atoms with E-state index in [-0.39, 0.29) is 17.8 Å². The van der Waals surface area contributed by atoms with Crippen molar-refractivity contribution in [2.75, 3.05) is 6.61 Å². The first-order valence-electron chi connectivity index (χ1n) is 9.48. The van der Waals surface area contributed by atoms with Crippen LogP contribution in [-0.4, -0.2) is 47.3 Å². The number of carbonyl (C=O) groups excluding carboxylic acids is 2. The van der Waals surface area contributed by atoms with E-state index in [0.717, 1.165) is 10.5 Å². The standard InChI is InChI=1S/C22H25NO5S/c1-14-8-10-17(11-9-14)29-20-12-18(25)22(28-19(20)13-27-15(2)24)23-21(26)16-6-4-3-5-7-16/h3-11,18-20,22,25H,12-13H2,1-2H3,(H,23,26)/t18?,19-,20?,22-/m1/s1. The highest BCUT2D eigenvalue weighted by Gasteiger charge is 2.39. The first-order valence-corrected chi connectivity index (χ1v) is 10.4. The Hall–Kier alpha value is -2.35. The number of carbonyl (C=O) groups is 2. The van der Waals surface area contributed by atoms with Crippen molar-refractivity contribution < 1.29 is 24.2 Å². The van der Waals surface area contributed by atoms with Gasteiger partial charge in [-0.1, -0.05) is 35.9 Å². The zero-order valence-electron chi connectivity index (χ0n) is 16.4. The SMILES string of the molecule is CC(=O)OC[C@H]1O[C@@H](NC(=O)c2ccccc2)C(O)CC1Sc1ccc(C)cc1. The van der Waals surface area contributed by atoms with Gasteiger partial charge in [0.1, 0.15) is 12.7 Å². The van der Waals surface area contributed by atoms with Crippen molar-refractivity contribution >= 4 is 23.6 Å². The number of amides is 1. The van der Waals surface area contributed by atoms with Crippen molar-refractivity contribution in [3.05, 3.63) is 65.7 Å². The van der Waals surface area contributed by atoms with Crippen LogP contribution in [-0.2, 0) is 14.3 Å². The molecule has 4 atom stereocenters. The number of rotatable bonds is 6. The zero-order chi connectivity index (χ0) is 20.8. The summed E-state index contributed by atoms with van der Waals surface area (Å²) in [6.45, 7) is 3.42. The van der Waals surface area contributed by atoms with Crippen LogP contribution in [0.15, 0.2) is 59.5 Å². The number of aryl methyl sites for hydroxylation is 1. The average molecular weight is 416 g/mol. The van der Waals surface area contributed by atoms with Gasteiger partial charge in [0, 0.05) is 22.6 Å². The van der Waals surface area contributed by atoms with Gasteiger partial charge in [-0.05, 0) is 37.6 Å². The van der Waals surface area contributed by atoms with Gasteiger partial charge in [-0.2, -0.15) is 0 Å². The van der Waals surface area contributed by atoms with Crippen LogP contribution in [0, 0.1) is 6.92 Å². The second-order valence-corrected chi connectivity index (χ2v) is 8.32. The lowest BCUT2D eigenvalue weighted by molar-refractivity contribution is -0.160. The van der Waals surface area contributed by atoms with Gasteiger partial charge in [-0.15, -0.1) is 11.8 Å². The van der Waals surface area contributed by atoms with E-state index in [1.807, 2.05) is 37.3 Å². The molecule has 2 aromatic carbocycles. The predicted octanol–water partition coefficient (Wildman–Crippen LogP) is 2.92. The third kappa shape index (κ3) is 6.06. The van der Waals surface area contributed by atoms with Crippen molar-refractivity contribution in [3.8, 4) is 0 Å². The summed E-state index contributed by atoms with van der Waals surface area (Å²) in [6, 6.07) is 16.8. The molecule has 2 aromatic rings. The number of aliphatic hydroxyl groups is 1. The minimum absolute atomic E-state index is 0.0588. The van der Waals surface area contributed by atoms with Gasteiger partial charge < -0.3 is 19.9 Å². The molecule has 3 rings (SSSR count). The maximum atomic E-state index is 12.4. The maximum Gasteiger partial charge on any atom is 0.302 e. The number of benzene rings is 2. The van der Waals surface area contributed by atoms with Crippen LogP contribution in [0.25, 0.3) is 0 Å². The molecular weight excluding hydrogens is 390 g/mol. The van der Waals surface area contributed by atoms with Crippen LogP contribution >= 0.6 is 11.8 Å². The summed E-state index contributed by atoms with van der Waals surface area (Å²) in [7, 11) is 0. The molecule has 1 saturated heterocycles. The Morgan fingerprint density at radius 2 is 1.86 bits per heavy atom. The summed E-state index contributed by atoms with van der Waals surface area (Å²) >= 11 is 1.57. The topological polar surface area (TPSA) is 84.9 Å². The summed E-state index contributed by atoms with van der Waals surface area (Å²) in [4.78, 5) is 24.8. The summed E-state index contributed by atoms with van der Waals surface area (Å²) in [5.74, 6) is -0.728. The largest absolute Gasteiger partial charge is 0.463 e. The molecule has 6 nitrogen and oxygen atoms in total. The summed E-state index contributed by atoms with van der Waals surface area (Å²) in [5.41, 5.74) is 1.64. The number of thioether (sulfide) groups is 1. The molecule has 0 spiro atoms. The number of hydrogen-bond donors (Lipinski definition) is 2. The first kappa shape index (κ1) is 21.4. The van der Waals surface area contributed by atoms with Crippen molar-refractivity contribution in [2.24, 2.45) is 0 Å². The predicted molar refractivity (Wildman–Crippen MR) is 111 cm³/mol. The van der Waals surface area contributed by atoms with E-state index in [2.05, 4.69) is 5.32 Å². The van der Waals surface area contributed by atoms with E-state index in [4.69, 9.17) is 9.47 Å². The van der Waals surface area contributed by atoms with E-state index in [1.54, 1.807) is 36.0 Å². The fourth-order valence-corrected chi connectivity index (χ4v) is 4.30. The quantitative estimate of drug-likeness (QED) is 0.706. The van der Waals surface area contributed by atoms with E-state index in [0.29, 0.717) is 12.0 Å². The molecule has 2 unspecified atom stereocenters. The van der Waals surface area contributed by atoms with E-state index in [1.165, 1.54) is 6.92 Å². The minimum atomic E-state index is -0.877. The molecule has 1 aliphatic rings.